The van der Waals surface area contributed by atoms with E-state index in [9.17, 15) is 0 Å². The zero-order chi connectivity index (χ0) is 39.6. The number of nitrogens with zero attached hydrogens (tertiary/aromatic N) is 1. The van der Waals surface area contributed by atoms with E-state index in [0.29, 0.717) is 0 Å². The monoisotopic (exact) mass is 741 g/mol. The Hall–Kier alpha value is -5.86. The number of hydrogen-bond donors (Lipinski definition) is 0. The zero-order valence-electron chi connectivity index (χ0n) is 34.7. The maximum Gasteiger partial charge on any atom is 0.137 e. The Morgan fingerprint density at radius 2 is 1.04 bits per heavy atom. The van der Waals surface area contributed by atoms with Crippen LogP contribution < -0.4 is 4.90 Å². The number of hydrogen-bond acceptors (Lipinski definition) is 2. The van der Waals surface area contributed by atoms with Crippen LogP contribution in [0.15, 0.2) is 150 Å². The Morgan fingerprint density at radius 1 is 0.456 bits per heavy atom. The number of benzene rings is 7. The molecule has 10 rings (SSSR count). The minimum atomic E-state index is -0.326. The molecule has 0 radical (unpaired) electrons. The summed E-state index contributed by atoms with van der Waals surface area (Å²) in [6, 6.07) is 54.6. The van der Waals surface area contributed by atoms with Gasteiger partial charge >= 0.3 is 0 Å². The second-order valence-corrected chi connectivity index (χ2v) is 19.2. The highest BCUT2D eigenvalue weighted by Gasteiger charge is 2.41. The van der Waals surface area contributed by atoms with Gasteiger partial charge in [-0.15, -0.1) is 0 Å². The molecule has 0 saturated carbocycles. The van der Waals surface area contributed by atoms with E-state index in [-0.39, 0.29) is 21.7 Å². The molecule has 2 aliphatic rings. The van der Waals surface area contributed by atoms with Gasteiger partial charge < -0.3 is 9.32 Å². The Labute approximate surface area is 337 Å². The van der Waals surface area contributed by atoms with Crippen molar-refractivity contribution in [3.8, 4) is 22.3 Å². The highest BCUT2D eigenvalue weighted by atomic mass is 16.3. The topological polar surface area (TPSA) is 16.4 Å². The number of fused-ring (bicyclic) bond motifs is 9. The number of furan rings is 1. The third-order valence-corrected chi connectivity index (χ3v) is 13.2. The first-order chi connectivity index (χ1) is 27.2. The van der Waals surface area contributed by atoms with Crippen LogP contribution in [0.25, 0.3) is 44.2 Å². The summed E-state index contributed by atoms with van der Waals surface area (Å²) >= 11 is 0. The minimum absolute atomic E-state index is 0.0230. The first-order valence-corrected chi connectivity index (χ1v) is 20.5. The van der Waals surface area contributed by atoms with Crippen molar-refractivity contribution in [2.45, 2.75) is 84.0 Å². The zero-order valence-corrected chi connectivity index (χ0v) is 34.7. The molecule has 0 saturated heterocycles. The van der Waals surface area contributed by atoms with Crippen molar-refractivity contribution in [2.24, 2.45) is 0 Å². The summed E-state index contributed by atoms with van der Waals surface area (Å²) in [5.41, 5.74) is 19.2. The summed E-state index contributed by atoms with van der Waals surface area (Å²) < 4.78 is 6.91. The second-order valence-electron chi connectivity index (χ2n) is 19.2. The predicted molar refractivity (Wildman–Crippen MR) is 241 cm³/mol. The van der Waals surface area contributed by atoms with Crippen molar-refractivity contribution >= 4 is 39.0 Å². The Kier molecular flexibility index (Phi) is 7.53. The van der Waals surface area contributed by atoms with Crippen LogP contribution in [0.5, 0.6) is 0 Å². The lowest BCUT2D eigenvalue weighted by Gasteiger charge is -2.32. The van der Waals surface area contributed by atoms with E-state index in [1.807, 2.05) is 0 Å². The molecule has 0 atom stereocenters. The van der Waals surface area contributed by atoms with Crippen LogP contribution in [0.1, 0.15) is 101 Å². The van der Waals surface area contributed by atoms with Crippen molar-refractivity contribution < 1.29 is 4.42 Å². The fraction of sp³-hybridized carbons (Fsp3) is 0.236. The van der Waals surface area contributed by atoms with Gasteiger partial charge in [0, 0.05) is 27.6 Å². The number of rotatable bonds is 4. The number of anilines is 3. The molecule has 57 heavy (non-hydrogen) atoms. The Balaban J connectivity index is 1.26. The molecule has 2 heteroatoms. The first kappa shape index (κ1) is 35.5. The average molecular weight is 742 g/mol. The molecule has 0 unspecified atom stereocenters. The third kappa shape index (κ3) is 5.15. The van der Waals surface area contributed by atoms with E-state index < -0.39 is 0 Å². The summed E-state index contributed by atoms with van der Waals surface area (Å²) in [4.78, 5) is 2.50. The molecule has 1 heterocycles. The van der Waals surface area contributed by atoms with Gasteiger partial charge in [-0.3, -0.25) is 0 Å². The Morgan fingerprint density at radius 3 is 1.68 bits per heavy atom. The molecule has 0 fully saturated rings. The lowest BCUT2D eigenvalue weighted by atomic mass is 9.74. The largest absolute Gasteiger partial charge is 0.456 e. The van der Waals surface area contributed by atoms with E-state index in [0.717, 1.165) is 33.6 Å². The molecule has 2 aliphatic carbocycles. The van der Waals surface area contributed by atoms with Gasteiger partial charge in [-0.1, -0.05) is 159 Å². The molecule has 0 aliphatic heterocycles. The van der Waals surface area contributed by atoms with Gasteiger partial charge in [0.15, 0.2) is 0 Å². The predicted octanol–water partition coefficient (Wildman–Crippen LogP) is 15.3. The van der Waals surface area contributed by atoms with Crippen molar-refractivity contribution in [1.29, 1.82) is 0 Å². The molecule has 0 spiro atoms. The molecule has 7 aromatic carbocycles. The van der Waals surface area contributed by atoms with Crippen LogP contribution >= 0.6 is 0 Å². The van der Waals surface area contributed by atoms with Crippen LogP contribution in [0.2, 0.25) is 0 Å². The maximum atomic E-state index is 6.91. The normalized spacial score (nSPS) is 15.0. The van der Waals surface area contributed by atoms with E-state index in [1.165, 1.54) is 66.6 Å². The molecule has 0 amide bonds. The highest BCUT2D eigenvalue weighted by Crippen LogP contribution is 2.55. The molecule has 0 bridgehead atoms. The summed E-state index contributed by atoms with van der Waals surface area (Å²) in [6.45, 7) is 21.0. The van der Waals surface area contributed by atoms with Gasteiger partial charge in [0.1, 0.15) is 11.2 Å². The van der Waals surface area contributed by atoms with Crippen molar-refractivity contribution in [2.75, 3.05) is 4.90 Å². The highest BCUT2D eigenvalue weighted by molar-refractivity contribution is 6.15. The van der Waals surface area contributed by atoms with Crippen LogP contribution in [0.4, 0.5) is 17.1 Å². The summed E-state index contributed by atoms with van der Waals surface area (Å²) in [5, 5.41) is 2.34. The second kappa shape index (κ2) is 12.1. The van der Waals surface area contributed by atoms with Crippen molar-refractivity contribution in [3.05, 3.63) is 185 Å². The molecule has 1 aromatic heterocycles. The molecule has 0 N–H and O–H groups in total. The van der Waals surface area contributed by atoms with E-state index in [4.69, 9.17) is 4.42 Å². The van der Waals surface area contributed by atoms with Gasteiger partial charge in [-0.05, 0) is 121 Å². The molecular formula is C55H51NO. The minimum Gasteiger partial charge on any atom is -0.456 e. The van der Waals surface area contributed by atoms with E-state index in [1.54, 1.807) is 0 Å². The molecule has 2 nitrogen and oxygen atoms in total. The SMILES string of the molecule is CC(C)(C)c1cc(C(C)(C)C)c2c(c1)oc1cccc(N(c3cccc(C4(C)c5ccccc5-c5ccccc54)c3)c3ccc4c(c3)C(C)(C)c3ccccc3-4)c12. The summed E-state index contributed by atoms with van der Waals surface area (Å²) in [6.07, 6.45) is 0. The molecular weight excluding hydrogens is 691 g/mol. The van der Waals surface area contributed by atoms with E-state index in [2.05, 4.69) is 213 Å². The van der Waals surface area contributed by atoms with Crippen LogP contribution in [0.3, 0.4) is 0 Å². The van der Waals surface area contributed by atoms with Crippen molar-refractivity contribution in [3.63, 3.8) is 0 Å². The smallest absolute Gasteiger partial charge is 0.137 e. The van der Waals surface area contributed by atoms with Gasteiger partial charge in [0.2, 0.25) is 0 Å². The van der Waals surface area contributed by atoms with E-state index >= 15 is 0 Å². The summed E-state index contributed by atoms with van der Waals surface area (Å²) in [5.74, 6) is 0. The van der Waals surface area contributed by atoms with Crippen LogP contribution in [-0.2, 0) is 21.7 Å². The third-order valence-electron chi connectivity index (χ3n) is 13.2. The van der Waals surface area contributed by atoms with Gasteiger partial charge in [-0.2, -0.15) is 0 Å². The maximum absolute atomic E-state index is 6.91. The lowest BCUT2D eigenvalue weighted by molar-refractivity contribution is 0.569. The van der Waals surface area contributed by atoms with Crippen LogP contribution in [-0.4, -0.2) is 0 Å². The quantitative estimate of drug-likeness (QED) is 0.179. The van der Waals surface area contributed by atoms with Gasteiger partial charge in [0.05, 0.1) is 11.1 Å². The van der Waals surface area contributed by atoms with Gasteiger partial charge in [0.25, 0.3) is 0 Å². The average Bonchev–Trinajstić information content (AvgIpc) is 3.78. The van der Waals surface area contributed by atoms with Crippen molar-refractivity contribution in [1.82, 2.24) is 0 Å². The fourth-order valence-electron chi connectivity index (χ4n) is 10.1. The first-order valence-electron chi connectivity index (χ1n) is 20.5. The summed E-state index contributed by atoms with van der Waals surface area (Å²) in [7, 11) is 0. The van der Waals surface area contributed by atoms with Gasteiger partial charge in [-0.25, -0.2) is 0 Å². The molecule has 282 valence electrons. The lowest BCUT2D eigenvalue weighted by Crippen LogP contribution is -2.23. The molecule has 8 aromatic rings. The standard InChI is InChI=1S/C55H51NO/c1-52(2,3)35-31-46(53(4,5)6)50-49(32-35)57-48-27-17-26-47(51(48)50)56(37-28-29-41-38-20-10-13-23-42(38)54(7,8)45(41)33-37)36-19-16-18-34(30-36)55(9)43-24-14-11-21-39(43)40-22-12-15-25-44(40)55/h10-33H,1-9H3. The fourth-order valence-corrected chi connectivity index (χ4v) is 10.1. The van der Waals surface area contributed by atoms with Crippen LogP contribution in [0, 0.1) is 0 Å². The Bertz CT molecular complexity index is 2880.